The van der Waals surface area contributed by atoms with Crippen molar-refractivity contribution in [1.29, 1.82) is 0 Å². The Balaban J connectivity index is 1.50. The highest BCUT2D eigenvalue weighted by atomic mass is 32.2. The highest BCUT2D eigenvalue weighted by Gasteiger charge is 2.39. The quantitative estimate of drug-likeness (QED) is 0.364. The fourth-order valence-electron chi connectivity index (χ4n) is 4.39. The molecule has 1 amide bonds. The molecule has 1 fully saturated rings. The van der Waals surface area contributed by atoms with Gasteiger partial charge in [0.1, 0.15) is 0 Å². The number of aromatic nitrogens is 2. The summed E-state index contributed by atoms with van der Waals surface area (Å²) in [7, 11) is -2.07. The van der Waals surface area contributed by atoms with Crippen LogP contribution in [-0.4, -0.2) is 76.7 Å². The number of nitrogens with one attached hydrogen (secondary N) is 2. The Bertz CT molecular complexity index is 1400. The number of thiophene rings is 1. The first-order valence-electron chi connectivity index (χ1n) is 12.1. The average Bonchev–Trinajstić information content (AvgIpc) is 3.44. The number of nitrogens with zero attached hydrogens (tertiary/aromatic N) is 4. The minimum Gasteiger partial charge on any atom is -0.390 e. The lowest BCUT2D eigenvalue weighted by atomic mass is 10.0. The number of aliphatic imine (C=N–C) groups is 1. The van der Waals surface area contributed by atoms with Gasteiger partial charge < -0.3 is 20.7 Å². The average molecular weight is 590 g/mol. The molecule has 4 rings (SSSR count). The van der Waals surface area contributed by atoms with Crippen molar-refractivity contribution in [2.45, 2.75) is 62.2 Å². The first-order valence-corrected chi connectivity index (χ1v) is 14.3. The van der Waals surface area contributed by atoms with Gasteiger partial charge in [0.2, 0.25) is 5.91 Å². The zero-order valence-electron chi connectivity index (χ0n) is 21.5. The highest BCUT2D eigenvalue weighted by Crippen LogP contribution is 2.37. The van der Waals surface area contributed by atoms with Gasteiger partial charge in [0.25, 0.3) is 10.0 Å². The molecule has 5 N–H and O–H groups in total. The second kappa shape index (κ2) is 10.6. The molecular formula is C23H30F3N7O4S2. The highest BCUT2D eigenvalue weighted by molar-refractivity contribution is 7.89. The third-order valence-electron chi connectivity index (χ3n) is 6.26. The van der Waals surface area contributed by atoms with E-state index in [-0.39, 0.29) is 46.7 Å². The van der Waals surface area contributed by atoms with Crippen molar-refractivity contribution in [3.63, 3.8) is 0 Å². The summed E-state index contributed by atoms with van der Waals surface area (Å²) in [6, 6.07) is 1.07. The fourth-order valence-corrected chi connectivity index (χ4v) is 7.24. The van der Waals surface area contributed by atoms with Crippen LogP contribution in [0.15, 0.2) is 34.2 Å². The van der Waals surface area contributed by atoms with E-state index in [4.69, 9.17) is 5.73 Å². The van der Waals surface area contributed by atoms with Crippen LogP contribution >= 0.6 is 11.3 Å². The van der Waals surface area contributed by atoms with Gasteiger partial charge in [-0.15, -0.1) is 11.3 Å². The van der Waals surface area contributed by atoms with Crippen molar-refractivity contribution >= 4 is 39.2 Å². The SMILES string of the molecule is Cn1cnc(S(=O)(=O)N2CCC(NC3N=CC(C(F)(F)F)=C(c4cc(C(N)=O)c(CC(C)(C)O)s4)N3)CC2)c1. The number of sulfonamides is 1. The van der Waals surface area contributed by atoms with Gasteiger partial charge in [0.05, 0.1) is 33.6 Å². The Morgan fingerprint density at radius 2 is 1.97 bits per heavy atom. The second-order valence-electron chi connectivity index (χ2n) is 10.1. The third kappa shape index (κ3) is 6.69. The van der Waals surface area contributed by atoms with Crippen LogP contribution in [0.2, 0.25) is 0 Å². The van der Waals surface area contributed by atoms with Crippen molar-refractivity contribution in [3.05, 3.63) is 39.5 Å². The summed E-state index contributed by atoms with van der Waals surface area (Å²) in [5.74, 6) is -0.808. The van der Waals surface area contributed by atoms with Gasteiger partial charge in [-0.3, -0.25) is 15.1 Å². The predicted octanol–water partition coefficient (Wildman–Crippen LogP) is 1.57. The number of hydrogen-bond donors (Lipinski definition) is 4. The standard InChI is InChI=1S/C23H30F3N7O4S2/c1-22(2,35)9-17-14(20(27)34)8-16(38-17)19-15(23(24,25)26)10-28-21(31-19)30-13-4-6-33(7-5-13)39(36,37)18-11-32(3)12-29-18/h8,10-13,21,30-31,35H,4-7,9H2,1-3H3,(H2,27,34). The Hall–Kier alpha value is -2.79. The first kappa shape index (κ1) is 29.2. The minimum absolute atomic E-state index is 0.0281. The molecule has 1 saturated heterocycles. The smallest absolute Gasteiger partial charge is 0.390 e. The lowest BCUT2D eigenvalue weighted by molar-refractivity contribution is -0.0855. The number of imidazole rings is 1. The van der Waals surface area contributed by atoms with Gasteiger partial charge in [-0.05, 0) is 32.8 Å². The molecule has 4 heterocycles. The summed E-state index contributed by atoms with van der Waals surface area (Å²) in [4.78, 5) is 20.4. The van der Waals surface area contributed by atoms with Gasteiger partial charge in [0.15, 0.2) is 11.3 Å². The molecule has 0 spiro atoms. The molecule has 2 aliphatic heterocycles. The van der Waals surface area contributed by atoms with E-state index in [0.29, 0.717) is 17.7 Å². The number of nitrogens with two attached hydrogens (primary N) is 1. The van der Waals surface area contributed by atoms with E-state index in [0.717, 1.165) is 17.6 Å². The van der Waals surface area contributed by atoms with Crippen molar-refractivity contribution in [2.24, 2.45) is 17.8 Å². The van der Waals surface area contributed by atoms with E-state index in [9.17, 15) is 31.5 Å². The van der Waals surface area contributed by atoms with E-state index in [1.165, 1.54) is 36.7 Å². The van der Waals surface area contributed by atoms with E-state index in [1.807, 2.05) is 0 Å². The fraction of sp³-hybridized carbons (Fsp3) is 0.522. The van der Waals surface area contributed by atoms with E-state index >= 15 is 0 Å². The van der Waals surface area contributed by atoms with Crippen LogP contribution in [0.25, 0.3) is 5.70 Å². The summed E-state index contributed by atoms with van der Waals surface area (Å²) in [5.41, 5.74) is 3.02. The number of amides is 1. The van der Waals surface area contributed by atoms with Gasteiger partial charge in [-0.25, -0.2) is 13.4 Å². The number of rotatable bonds is 8. The molecule has 11 nitrogen and oxygen atoms in total. The van der Waals surface area contributed by atoms with Crippen LogP contribution in [0, 0.1) is 0 Å². The summed E-state index contributed by atoms with van der Waals surface area (Å²) in [5, 5.41) is 16.1. The number of aliphatic hydroxyl groups is 1. The molecule has 0 aromatic carbocycles. The Morgan fingerprint density at radius 1 is 1.31 bits per heavy atom. The molecule has 0 radical (unpaired) electrons. The molecule has 214 valence electrons. The van der Waals surface area contributed by atoms with E-state index < -0.39 is 39.6 Å². The minimum atomic E-state index is -4.73. The molecule has 2 aromatic rings. The zero-order chi connectivity index (χ0) is 28.8. The number of piperidine rings is 1. The molecule has 1 unspecified atom stereocenters. The summed E-state index contributed by atoms with van der Waals surface area (Å²) in [6.07, 6.45) is -1.24. The molecular weight excluding hydrogens is 559 g/mol. The number of carbonyl (C=O) groups excluding carboxylic acids is 1. The number of allylic oxidation sites excluding steroid dienone is 1. The van der Waals surface area contributed by atoms with Crippen LogP contribution in [0.3, 0.4) is 0 Å². The number of hydrogen-bond acceptors (Lipinski definition) is 9. The number of alkyl halides is 3. The van der Waals surface area contributed by atoms with E-state index in [1.54, 1.807) is 11.6 Å². The van der Waals surface area contributed by atoms with Gasteiger partial charge in [-0.1, -0.05) is 0 Å². The largest absolute Gasteiger partial charge is 0.419 e. The van der Waals surface area contributed by atoms with Crippen molar-refractivity contribution in [3.8, 4) is 0 Å². The van der Waals surface area contributed by atoms with Crippen LogP contribution < -0.4 is 16.4 Å². The van der Waals surface area contributed by atoms with Crippen molar-refractivity contribution in [2.75, 3.05) is 13.1 Å². The first-order chi connectivity index (χ1) is 18.0. The van der Waals surface area contributed by atoms with Gasteiger partial charge in [-0.2, -0.15) is 17.5 Å². The molecule has 1 atom stereocenters. The topological polar surface area (TPSA) is 155 Å². The van der Waals surface area contributed by atoms with Crippen LogP contribution in [0.4, 0.5) is 13.2 Å². The van der Waals surface area contributed by atoms with Crippen LogP contribution in [-0.2, 0) is 23.5 Å². The summed E-state index contributed by atoms with van der Waals surface area (Å²) in [6.45, 7) is 3.46. The molecule has 2 aromatic heterocycles. The van der Waals surface area contributed by atoms with Crippen molar-refractivity contribution < 1.29 is 31.5 Å². The molecule has 0 aliphatic carbocycles. The maximum Gasteiger partial charge on any atom is 0.419 e. The predicted molar refractivity (Wildman–Crippen MR) is 139 cm³/mol. The van der Waals surface area contributed by atoms with E-state index in [2.05, 4.69) is 20.6 Å². The third-order valence-corrected chi connectivity index (χ3v) is 9.19. The Kier molecular flexibility index (Phi) is 7.97. The number of primary amides is 1. The summed E-state index contributed by atoms with van der Waals surface area (Å²) < 4.78 is 70.2. The lowest BCUT2D eigenvalue weighted by Crippen LogP contribution is -2.52. The van der Waals surface area contributed by atoms with Gasteiger partial charge >= 0.3 is 6.18 Å². The molecule has 16 heteroatoms. The number of carbonyl (C=O) groups is 1. The lowest BCUT2D eigenvalue weighted by Gasteiger charge is -2.34. The van der Waals surface area contributed by atoms with Crippen LogP contribution in [0.5, 0.6) is 0 Å². The maximum atomic E-state index is 13.9. The normalized spacial score (nSPS) is 19.9. The maximum absolute atomic E-state index is 13.9. The Labute approximate surface area is 227 Å². The molecule has 2 aliphatic rings. The Morgan fingerprint density at radius 3 is 2.51 bits per heavy atom. The van der Waals surface area contributed by atoms with Gasteiger partial charge in [0, 0.05) is 49.9 Å². The monoisotopic (exact) mass is 589 g/mol. The van der Waals surface area contributed by atoms with Crippen LogP contribution in [0.1, 0.15) is 46.8 Å². The number of halogens is 3. The second-order valence-corrected chi connectivity index (χ2v) is 13.2. The molecule has 0 saturated carbocycles. The number of aryl methyl sites for hydroxylation is 1. The summed E-state index contributed by atoms with van der Waals surface area (Å²) >= 11 is 0.940. The zero-order valence-corrected chi connectivity index (χ0v) is 23.1. The molecule has 0 bridgehead atoms. The van der Waals surface area contributed by atoms with Crippen molar-refractivity contribution in [1.82, 2.24) is 24.5 Å². The molecule has 39 heavy (non-hydrogen) atoms.